The van der Waals surface area contributed by atoms with Crippen LogP contribution in [0, 0.1) is 0 Å². The Kier molecular flexibility index (Phi) is 4.80. The first-order valence-electron chi connectivity index (χ1n) is 10.8. The molecule has 0 N–H and O–H groups in total. The van der Waals surface area contributed by atoms with E-state index in [0.717, 1.165) is 48.7 Å². The Morgan fingerprint density at radius 1 is 0.909 bits per heavy atom. The lowest BCUT2D eigenvalue weighted by Crippen LogP contribution is -2.29. The molecule has 0 radical (unpaired) electrons. The van der Waals surface area contributed by atoms with Crippen molar-refractivity contribution in [2.24, 2.45) is 0 Å². The van der Waals surface area contributed by atoms with Gasteiger partial charge in [-0.15, -0.1) is 0 Å². The molecule has 0 aliphatic carbocycles. The highest BCUT2D eigenvalue weighted by molar-refractivity contribution is 7.99. The largest absolute Gasteiger partial charge is 0.497 e. The third-order valence-corrected chi connectivity index (χ3v) is 7.23. The first-order valence-corrected chi connectivity index (χ1v) is 11.6. The predicted octanol–water partition coefficient (Wildman–Crippen LogP) is 6.42. The van der Waals surface area contributed by atoms with E-state index in [9.17, 15) is 4.79 Å². The van der Waals surface area contributed by atoms with Crippen LogP contribution in [0.15, 0.2) is 95.0 Å². The smallest absolute Gasteiger partial charge is 0.233 e. The Bertz CT molecular complexity index is 1480. The third-order valence-electron chi connectivity index (χ3n) is 6.10. The molecule has 1 aliphatic rings. The van der Waals surface area contributed by atoms with E-state index in [-0.39, 0.29) is 5.91 Å². The molecule has 6 heteroatoms. The van der Waals surface area contributed by atoms with Crippen LogP contribution in [0.2, 0.25) is 0 Å². The number of methoxy groups -OCH3 is 1. The van der Waals surface area contributed by atoms with Crippen molar-refractivity contribution in [3.63, 3.8) is 0 Å². The maximum absolute atomic E-state index is 13.7. The minimum absolute atomic E-state index is 0.0766. The van der Waals surface area contributed by atoms with Crippen molar-refractivity contribution in [1.82, 2.24) is 9.55 Å². The number of hydrogen-bond donors (Lipinski definition) is 0. The zero-order chi connectivity index (χ0) is 22.4. The van der Waals surface area contributed by atoms with E-state index < -0.39 is 0 Å². The monoisotopic (exact) mass is 451 g/mol. The molecule has 33 heavy (non-hydrogen) atoms. The number of anilines is 2. The van der Waals surface area contributed by atoms with Crippen LogP contribution < -0.4 is 9.64 Å². The van der Waals surface area contributed by atoms with E-state index in [4.69, 9.17) is 4.74 Å². The van der Waals surface area contributed by atoms with Crippen molar-refractivity contribution in [2.45, 2.75) is 22.8 Å². The maximum atomic E-state index is 13.7. The fraction of sp³-hybridized carbons (Fsp3) is 0.111. The standard InChI is InChI=1S/C27H21N3O2S/c1-32-18-10-11-21-19(16-18)20-17-28-14-12-22(20)29(21)15-13-27(31)30-23-6-2-4-8-25(23)33-26-9-5-3-7-24(26)30/h2-12,14,16-17H,13,15H2,1H3. The van der Waals surface area contributed by atoms with E-state index in [1.54, 1.807) is 25.1 Å². The van der Waals surface area contributed by atoms with Crippen molar-refractivity contribution < 1.29 is 9.53 Å². The molecule has 1 amide bonds. The number of hydrogen-bond acceptors (Lipinski definition) is 4. The number of rotatable bonds is 4. The van der Waals surface area contributed by atoms with Crippen LogP contribution >= 0.6 is 11.8 Å². The average Bonchev–Trinajstić information content (AvgIpc) is 3.18. The summed E-state index contributed by atoms with van der Waals surface area (Å²) in [5.74, 6) is 0.883. The summed E-state index contributed by atoms with van der Waals surface area (Å²) in [6, 6.07) is 24.3. The third kappa shape index (κ3) is 3.26. The van der Waals surface area contributed by atoms with Crippen LogP contribution in [0.5, 0.6) is 5.75 Å². The van der Waals surface area contributed by atoms with Gasteiger partial charge in [-0.25, -0.2) is 0 Å². The van der Waals surface area contributed by atoms with Crippen molar-refractivity contribution in [1.29, 1.82) is 0 Å². The van der Waals surface area contributed by atoms with Gasteiger partial charge in [0.25, 0.3) is 0 Å². The molecule has 0 saturated heterocycles. The Morgan fingerprint density at radius 2 is 1.61 bits per heavy atom. The van der Waals surface area contributed by atoms with Gasteiger partial charge >= 0.3 is 0 Å². The van der Waals surface area contributed by atoms with Gasteiger partial charge in [0.2, 0.25) is 5.91 Å². The normalized spacial score (nSPS) is 12.6. The van der Waals surface area contributed by atoms with Crippen molar-refractivity contribution in [3.05, 3.63) is 85.2 Å². The zero-order valence-corrected chi connectivity index (χ0v) is 18.9. The number of benzene rings is 3. The minimum Gasteiger partial charge on any atom is -0.497 e. The van der Waals surface area contributed by atoms with Crippen molar-refractivity contribution in [2.75, 3.05) is 12.0 Å². The van der Waals surface area contributed by atoms with Gasteiger partial charge in [-0.2, -0.15) is 0 Å². The Labute approximate surface area is 195 Å². The topological polar surface area (TPSA) is 47.4 Å². The van der Waals surface area contributed by atoms with Gasteiger partial charge < -0.3 is 9.30 Å². The van der Waals surface area contributed by atoms with Crippen molar-refractivity contribution in [3.8, 4) is 5.75 Å². The van der Waals surface area contributed by atoms with Crippen LogP contribution in [-0.2, 0) is 11.3 Å². The van der Waals surface area contributed by atoms with Crippen LogP contribution in [-0.4, -0.2) is 22.6 Å². The number of fused-ring (bicyclic) bond motifs is 5. The molecule has 0 unspecified atom stereocenters. The molecule has 5 aromatic rings. The van der Waals surface area contributed by atoms with E-state index in [0.29, 0.717) is 13.0 Å². The summed E-state index contributed by atoms with van der Waals surface area (Å²) in [5.41, 5.74) is 4.03. The second-order valence-corrected chi connectivity index (χ2v) is 9.03. The van der Waals surface area contributed by atoms with Crippen LogP contribution in [0.25, 0.3) is 21.8 Å². The molecular formula is C27H21N3O2S. The van der Waals surface area contributed by atoms with Gasteiger partial charge in [-0.1, -0.05) is 36.0 Å². The van der Waals surface area contributed by atoms with Gasteiger partial charge in [-0.3, -0.25) is 14.7 Å². The summed E-state index contributed by atoms with van der Waals surface area (Å²) in [5, 5.41) is 2.14. The second kappa shape index (κ2) is 7.98. The summed E-state index contributed by atoms with van der Waals surface area (Å²) in [6.45, 7) is 0.573. The molecule has 5 nitrogen and oxygen atoms in total. The Balaban J connectivity index is 1.38. The molecule has 0 fully saturated rings. The molecule has 0 spiro atoms. The average molecular weight is 452 g/mol. The lowest BCUT2D eigenvalue weighted by Gasteiger charge is -2.31. The van der Waals surface area contributed by atoms with E-state index in [2.05, 4.69) is 27.8 Å². The van der Waals surface area contributed by atoms with E-state index in [1.165, 1.54) is 0 Å². The molecule has 1 aliphatic heterocycles. The van der Waals surface area contributed by atoms with Gasteiger partial charge in [0.15, 0.2) is 0 Å². The molecular weight excluding hydrogens is 430 g/mol. The first kappa shape index (κ1) is 19.9. The number of pyridine rings is 1. The Hall–Kier alpha value is -3.77. The molecule has 0 saturated carbocycles. The molecule has 3 heterocycles. The summed E-state index contributed by atoms with van der Waals surface area (Å²) < 4.78 is 7.64. The van der Waals surface area contributed by atoms with E-state index in [1.807, 2.05) is 65.7 Å². The number of para-hydroxylation sites is 2. The highest BCUT2D eigenvalue weighted by atomic mass is 32.2. The first-order chi connectivity index (χ1) is 16.2. The fourth-order valence-corrected chi connectivity index (χ4v) is 5.64. The summed E-state index contributed by atoms with van der Waals surface area (Å²) >= 11 is 1.71. The Morgan fingerprint density at radius 3 is 2.33 bits per heavy atom. The van der Waals surface area contributed by atoms with Crippen LogP contribution in [0.3, 0.4) is 0 Å². The lowest BCUT2D eigenvalue weighted by atomic mass is 10.2. The number of amides is 1. The van der Waals surface area contributed by atoms with Crippen molar-refractivity contribution >= 4 is 50.8 Å². The molecule has 0 bridgehead atoms. The van der Waals surface area contributed by atoms with Gasteiger partial charge in [0, 0.05) is 51.4 Å². The number of aromatic nitrogens is 2. The molecule has 2 aromatic heterocycles. The number of aryl methyl sites for hydroxylation is 1. The van der Waals surface area contributed by atoms with E-state index >= 15 is 0 Å². The highest BCUT2D eigenvalue weighted by Crippen LogP contribution is 2.48. The summed E-state index contributed by atoms with van der Waals surface area (Å²) in [7, 11) is 1.67. The van der Waals surface area contributed by atoms with Gasteiger partial charge in [0.05, 0.1) is 24.0 Å². The van der Waals surface area contributed by atoms with Gasteiger partial charge in [0.1, 0.15) is 5.75 Å². The molecule has 3 aromatic carbocycles. The number of ether oxygens (including phenoxy) is 1. The SMILES string of the molecule is COc1ccc2c(c1)c1cnccc1n2CCC(=O)N1c2ccccc2Sc2ccccc21. The predicted molar refractivity (Wildman–Crippen MR) is 133 cm³/mol. The maximum Gasteiger partial charge on any atom is 0.233 e. The second-order valence-electron chi connectivity index (χ2n) is 7.94. The molecule has 0 atom stereocenters. The summed E-state index contributed by atoms with van der Waals surface area (Å²) in [6.07, 6.45) is 4.05. The minimum atomic E-state index is 0.0766. The highest BCUT2D eigenvalue weighted by Gasteiger charge is 2.27. The van der Waals surface area contributed by atoms with Crippen LogP contribution in [0.1, 0.15) is 6.42 Å². The number of carbonyl (C=O) groups is 1. The number of nitrogens with zero attached hydrogens (tertiary/aromatic N) is 3. The van der Waals surface area contributed by atoms with Gasteiger partial charge in [-0.05, 0) is 48.5 Å². The molecule has 6 rings (SSSR count). The fourth-order valence-electron chi connectivity index (χ4n) is 4.59. The number of carbonyl (C=O) groups excluding carboxylic acids is 1. The van der Waals surface area contributed by atoms with Crippen LogP contribution in [0.4, 0.5) is 11.4 Å². The summed E-state index contributed by atoms with van der Waals surface area (Å²) in [4.78, 5) is 22.0. The quantitative estimate of drug-likeness (QED) is 0.316. The zero-order valence-electron chi connectivity index (χ0n) is 18.1. The molecule has 162 valence electrons. The lowest BCUT2D eigenvalue weighted by molar-refractivity contribution is -0.118.